The Balaban J connectivity index is 1.59. The van der Waals surface area contributed by atoms with Crippen molar-refractivity contribution in [2.24, 2.45) is 0 Å². The molecule has 30 heavy (non-hydrogen) atoms. The van der Waals surface area contributed by atoms with E-state index in [0.29, 0.717) is 22.1 Å². The highest BCUT2D eigenvalue weighted by Crippen LogP contribution is 2.35. The van der Waals surface area contributed by atoms with Gasteiger partial charge in [-0.2, -0.15) is 0 Å². The number of hydrogen-bond acceptors (Lipinski definition) is 7. The molecule has 1 fully saturated rings. The minimum Gasteiger partial charge on any atom is -0.493 e. The minimum atomic E-state index is -0.176. The molecule has 1 saturated heterocycles. The molecule has 0 spiro atoms. The summed E-state index contributed by atoms with van der Waals surface area (Å²) in [6.45, 7) is 3.77. The largest absolute Gasteiger partial charge is 0.493 e. The molecule has 1 aliphatic heterocycles. The number of aromatic nitrogens is 2. The van der Waals surface area contributed by atoms with Crippen LogP contribution in [0.5, 0.6) is 11.5 Å². The van der Waals surface area contributed by atoms with Crippen LogP contribution in [0.3, 0.4) is 0 Å². The van der Waals surface area contributed by atoms with Gasteiger partial charge in [-0.1, -0.05) is 0 Å². The molecule has 7 nitrogen and oxygen atoms in total. The summed E-state index contributed by atoms with van der Waals surface area (Å²) in [5.74, 6) is 1.92. The van der Waals surface area contributed by atoms with Gasteiger partial charge < -0.3 is 19.7 Å². The maximum atomic E-state index is 13.0. The number of amides is 1. The van der Waals surface area contributed by atoms with Gasteiger partial charge in [0.25, 0.3) is 5.91 Å². The highest BCUT2D eigenvalue weighted by Gasteiger charge is 2.21. The Morgan fingerprint density at radius 3 is 2.63 bits per heavy atom. The van der Waals surface area contributed by atoms with Crippen molar-refractivity contribution in [3.63, 3.8) is 0 Å². The van der Waals surface area contributed by atoms with E-state index < -0.39 is 0 Å². The summed E-state index contributed by atoms with van der Waals surface area (Å²) in [5.41, 5.74) is 2.29. The fourth-order valence-electron chi connectivity index (χ4n) is 3.55. The predicted octanol–water partition coefficient (Wildman–Crippen LogP) is 4.38. The number of benzene rings is 1. The molecule has 3 heterocycles. The zero-order valence-corrected chi connectivity index (χ0v) is 18.1. The van der Waals surface area contributed by atoms with E-state index >= 15 is 0 Å². The average molecular weight is 425 g/mol. The van der Waals surface area contributed by atoms with Crippen LogP contribution in [-0.4, -0.2) is 43.2 Å². The molecule has 2 aromatic heterocycles. The number of nitrogens with zero attached hydrogens (tertiary/aromatic N) is 3. The van der Waals surface area contributed by atoms with Crippen molar-refractivity contribution in [1.82, 2.24) is 9.97 Å². The number of thiazole rings is 1. The first-order valence-electron chi connectivity index (χ1n) is 9.82. The Bertz CT molecular complexity index is 1060. The van der Waals surface area contributed by atoms with E-state index in [0.717, 1.165) is 48.0 Å². The van der Waals surface area contributed by atoms with E-state index in [-0.39, 0.29) is 5.91 Å². The highest BCUT2D eigenvalue weighted by atomic mass is 32.1. The van der Waals surface area contributed by atoms with Crippen LogP contribution < -0.4 is 19.7 Å². The lowest BCUT2D eigenvalue weighted by molar-refractivity contribution is 0.103. The Morgan fingerprint density at radius 2 is 1.90 bits per heavy atom. The number of rotatable bonds is 6. The Hall–Kier alpha value is -3.13. The van der Waals surface area contributed by atoms with Gasteiger partial charge in [0.15, 0.2) is 17.3 Å². The van der Waals surface area contributed by atoms with Gasteiger partial charge >= 0.3 is 0 Å². The molecule has 0 aliphatic carbocycles. The van der Waals surface area contributed by atoms with E-state index in [4.69, 9.17) is 9.47 Å². The number of methoxy groups -OCH3 is 2. The Labute approximate surface area is 179 Å². The molecule has 0 bridgehead atoms. The third kappa shape index (κ3) is 3.95. The summed E-state index contributed by atoms with van der Waals surface area (Å²) in [7, 11) is 3.20. The molecular formula is C22H24N4O3S. The van der Waals surface area contributed by atoms with Crippen molar-refractivity contribution in [2.45, 2.75) is 19.8 Å². The summed E-state index contributed by atoms with van der Waals surface area (Å²) in [5, 5.41) is 3.79. The second-order valence-corrected chi connectivity index (χ2v) is 8.03. The molecule has 0 unspecified atom stereocenters. The van der Waals surface area contributed by atoms with Gasteiger partial charge in [-0.3, -0.25) is 4.79 Å². The van der Waals surface area contributed by atoms with Crippen LogP contribution >= 0.6 is 11.3 Å². The molecule has 0 radical (unpaired) electrons. The number of aryl methyl sites for hydroxylation is 1. The number of carbonyl (C=O) groups is 1. The molecule has 1 N–H and O–H groups in total. The molecule has 156 valence electrons. The first-order valence-corrected chi connectivity index (χ1v) is 10.6. The number of hydrogen-bond donors (Lipinski definition) is 1. The van der Waals surface area contributed by atoms with E-state index in [1.54, 1.807) is 20.4 Å². The summed E-state index contributed by atoms with van der Waals surface area (Å²) >= 11 is 1.36. The standard InChI is InChI=1S/C22H24N4O3S/c1-14-19(30-22(24-14)15-8-9-17(28-2)18(13-15)29-3)21(27)25-16-7-6-10-23-20(16)26-11-4-5-12-26/h6-10,13H,4-5,11-12H2,1-3H3,(H,25,27). The predicted molar refractivity (Wildman–Crippen MR) is 119 cm³/mol. The normalized spacial score (nSPS) is 13.4. The molecule has 4 rings (SSSR count). The number of nitrogens with one attached hydrogen (secondary N) is 1. The first kappa shape index (κ1) is 20.2. The minimum absolute atomic E-state index is 0.176. The molecule has 0 saturated carbocycles. The lowest BCUT2D eigenvalue weighted by Crippen LogP contribution is -2.22. The number of pyridine rings is 1. The SMILES string of the molecule is COc1ccc(-c2nc(C)c(C(=O)Nc3cccnc3N3CCCC3)s2)cc1OC. The van der Waals surface area contributed by atoms with Crippen LogP contribution in [0, 0.1) is 6.92 Å². The maximum absolute atomic E-state index is 13.0. The van der Waals surface area contributed by atoms with Crippen LogP contribution in [0.1, 0.15) is 28.2 Å². The highest BCUT2D eigenvalue weighted by molar-refractivity contribution is 7.17. The maximum Gasteiger partial charge on any atom is 0.267 e. The lowest BCUT2D eigenvalue weighted by atomic mass is 10.2. The smallest absolute Gasteiger partial charge is 0.267 e. The van der Waals surface area contributed by atoms with Gasteiger partial charge in [-0.05, 0) is 50.1 Å². The van der Waals surface area contributed by atoms with E-state index in [1.165, 1.54) is 11.3 Å². The quantitative estimate of drug-likeness (QED) is 0.633. The number of carbonyl (C=O) groups excluding carboxylic acids is 1. The van der Waals surface area contributed by atoms with Crippen LogP contribution in [0.15, 0.2) is 36.5 Å². The van der Waals surface area contributed by atoms with Gasteiger partial charge in [0.1, 0.15) is 9.88 Å². The molecule has 1 amide bonds. The molecule has 3 aromatic rings. The third-order valence-electron chi connectivity index (χ3n) is 5.07. The number of ether oxygens (including phenoxy) is 2. The van der Waals surface area contributed by atoms with Gasteiger partial charge in [-0.25, -0.2) is 9.97 Å². The summed E-state index contributed by atoms with van der Waals surface area (Å²) < 4.78 is 10.7. The number of anilines is 2. The van der Waals surface area contributed by atoms with Gasteiger partial charge in [0.2, 0.25) is 0 Å². The van der Waals surface area contributed by atoms with Crippen molar-refractivity contribution in [1.29, 1.82) is 0 Å². The van der Waals surface area contributed by atoms with Crippen LogP contribution in [-0.2, 0) is 0 Å². The second-order valence-electron chi connectivity index (χ2n) is 7.03. The summed E-state index contributed by atoms with van der Waals surface area (Å²) in [6, 6.07) is 9.34. The molecular weight excluding hydrogens is 400 g/mol. The third-order valence-corrected chi connectivity index (χ3v) is 6.28. The second kappa shape index (κ2) is 8.71. The Morgan fingerprint density at radius 1 is 1.13 bits per heavy atom. The van der Waals surface area contributed by atoms with Gasteiger partial charge in [0.05, 0.1) is 25.6 Å². The summed E-state index contributed by atoms with van der Waals surface area (Å²) in [6.07, 6.45) is 4.05. The lowest BCUT2D eigenvalue weighted by Gasteiger charge is -2.19. The topological polar surface area (TPSA) is 76.6 Å². The van der Waals surface area contributed by atoms with Gasteiger partial charge in [0, 0.05) is 24.8 Å². The van der Waals surface area contributed by atoms with Crippen LogP contribution in [0.25, 0.3) is 10.6 Å². The van der Waals surface area contributed by atoms with Crippen LogP contribution in [0.2, 0.25) is 0 Å². The fourth-order valence-corrected chi connectivity index (χ4v) is 4.51. The van der Waals surface area contributed by atoms with Crippen LogP contribution in [0.4, 0.5) is 11.5 Å². The van der Waals surface area contributed by atoms with E-state index in [1.807, 2.05) is 37.3 Å². The fraction of sp³-hybridized carbons (Fsp3) is 0.318. The molecule has 0 atom stereocenters. The molecule has 8 heteroatoms. The molecule has 1 aromatic carbocycles. The zero-order valence-electron chi connectivity index (χ0n) is 17.3. The van der Waals surface area contributed by atoms with Crippen molar-refractivity contribution < 1.29 is 14.3 Å². The Kier molecular flexibility index (Phi) is 5.85. The summed E-state index contributed by atoms with van der Waals surface area (Å²) in [4.78, 5) is 24.9. The van der Waals surface area contributed by atoms with Crippen molar-refractivity contribution in [2.75, 3.05) is 37.5 Å². The van der Waals surface area contributed by atoms with E-state index in [9.17, 15) is 4.79 Å². The van der Waals surface area contributed by atoms with Crippen molar-refractivity contribution in [3.8, 4) is 22.1 Å². The van der Waals surface area contributed by atoms with E-state index in [2.05, 4.69) is 20.2 Å². The zero-order chi connectivity index (χ0) is 21.1. The average Bonchev–Trinajstić information content (AvgIpc) is 3.43. The van der Waals surface area contributed by atoms with Gasteiger partial charge in [-0.15, -0.1) is 11.3 Å². The monoisotopic (exact) mass is 424 g/mol. The van der Waals surface area contributed by atoms with Crippen molar-refractivity contribution in [3.05, 3.63) is 47.1 Å². The molecule has 1 aliphatic rings. The first-order chi connectivity index (χ1) is 14.6. The van der Waals surface area contributed by atoms with Crippen molar-refractivity contribution >= 4 is 28.7 Å².